The molecule has 0 aliphatic rings. The Hall–Kier alpha value is -1.19. The summed E-state index contributed by atoms with van der Waals surface area (Å²) in [5.41, 5.74) is 0.994. The van der Waals surface area contributed by atoms with Gasteiger partial charge in [-0.2, -0.15) is 0 Å². The zero-order valence-corrected chi connectivity index (χ0v) is 11.0. The number of halogens is 1. The Kier molecular flexibility index (Phi) is 5.87. The van der Waals surface area contributed by atoms with E-state index in [0.717, 1.165) is 18.5 Å². The zero-order valence-electron chi connectivity index (χ0n) is 10.3. The number of hydrogen-bond donors (Lipinski definition) is 1. The number of hydrogen-bond acceptors (Lipinski definition) is 3. The summed E-state index contributed by atoms with van der Waals surface area (Å²) >= 11 is 6.24. The van der Waals surface area contributed by atoms with E-state index in [4.69, 9.17) is 21.1 Å². The number of ether oxygens (including phenoxy) is 2. The molecule has 0 aromatic heterocycles. The molecule has 0 bridgehead atoms. The van der Waals surface area contributed by atoms with Gasteiger partial charge in [-0.1, -0.05) is 23.7 Å². The van der Waals surface area contributed by atoms with E-state index < -0.39 is 0 Å². The molecular weight excluding hydrogens is 238 g/mol. The number of rotatable bonds is 7. The van der Waals surface area contributed by atoms with Crippen LogP contribution in [0.25, 0.3) is 0 Å². The Morgan fingerprint density at radius 3 is 2.71 bits per heavy atom. The van der Waals surface area contributed by atoms with E-state index in [-0.39, 0.29) is 0 Å². The third-order valence-electron chi connectivity index (χ3n) is 2.41. The van der Waals surface area contributed by atoms with Gasteiger partial charge in [0, 0.05) is 6.54 Å². The third kappa shape index (κ3) is 3.65. The maximum atomic E-state index is 6.24. The van der Waals surface area contributed by atoms with E-state index in [1.165, 1.54) is 0 Å². The molecule has 0 saturated heterocycles. The van der Waals surface area contributed by atoms with Crippen molar-refractivity contribution in [2.45, 2.75) is 13.0 Å². The molecule has 1 N–H and O–H groups in total. The van der Waals surface area contributed by atoms with E-state index in [1.54, 1.807) is 14.2 Å². The molecule has 0 radical (unpaired) electrons. The predicted molar refractivity (Wildman–Crippen MR) is 71.1 cm³/mol. The van der Waals surface area contributed by atoms with Crippen LogP contribution in [0.2, 0.25) is 5.02 Å². The van der Waals surface area contributed by atoms with Gasteiger partial charge in [-0.25, -0.2) is 0 Å². The minimum atomic E-state index is 0.581. The van der Waals surface area contributed by atoms with Crippen molar-refractivity contribution in [2.75, 3.05) is 20.8 Å². The van der Waals surface area contributed by atoms with Gasteiger partial charge in [0.15, 0.2) is 11.5 Å². The first-order valence-corrected chi connectivity index (χ1v) is 5.83. The Morgan fingerprint density at radius 1 is 1.35 bits per heavy atom. The number of methoxy groups -OCH3 is 2. The van der Waals surface area contributed by atoms with Crippen molar-refractivity contribution in [3.63, 3.8) is 0 Å². The van der Waals surface area contributed by atoms with Crippen LogP contribution in [-0.2, 0) is 6.54 Å². The molecule has 1 aromatic carbocycles. The van der Waals surface area contributed by atoms with Crippen LogP contribution >= 0.6 is 11.6 Å². The Bertz CT molecular complexity index is 380. The van der Waals surface area contributed by atoms with Crippen molar-refractivity contribution in [1.82, 2.24) is 5.32 Å². The summed E-state index contributed by atoms with van der Waals surface area (Å²) in [5.74, 6) is 1.23. The fourth-order valence-electron chi connectivity index (χ4n) is 1.49. The van der Waals surface area contributed by atoms with Crippen LogP contribution < -0.4 is 14.8 Å². The fourth-order valence-corrected chi connectivity index (χ4v) is 1.79. The minimum absolute atomic E-state index is 0.581. The van der Waals surface area contributed by atoms with E-state index in [1.807, 2.05) is 18.2 Å². The molecular formula is C13H18ClNO2. The van der Waals surface area contributed by atoms with Gasteiger partial charge in [0.25, 0.3) is 0 Å². The van der Waals surface area contributed by atoms with Gasteiger partial charge in [0.1, 0.15) is 0 Å². The van der Waals surface area contributed by atoms with Crippen molar-refractivity contribution in [3.05, 3.63) is 35.4 Å². The average Bonchev–Trinajstić information content (AvgIpc) is 2.35. The molecule has 0 saturated carbocycles. The molecule has 0 aliphatic carbocycles. The highest BCUT2D eigenvalue weighted by Gasteiger charge is 2.12. The molecule has 0 heterocycles. The highest BCUT2D eigenvalue weighted by atomic mass is 35.5. The molecule has 3 nitrogen and oxygen atoms in total. The Labute approximate surface area is 107 Å². The lowest BCUT2D eigenvalue weighted by molar-refractivity contribution is 0.354. The first-order valence-electron chi connectivity index (χ1n) is 5.45. The molecule has 94 valence electrons. The molecule has 0 fully saturated rings. The van der Waals surface area contributed by atoms with E-state index in [0.29, 0.717) is 23.1 Å². The first kappa shape index (κ1) is 13.9. The lowest BCUT2D eigenvalue weighted by Gasteiger charge is -2.13. The zero-order chi connectivity index (χ0) is 12.7. The largest absolute Gasteiger partial charge is 0.493 e. The van der Waals surface area contributed by atoms with Crippen LogP contribution in [0, 0.1) is 0 Å². The van der Waals surface area contributed by atoms with Gasteiger partial charge in [0.2, 0.25) is 0 Å². The predicted octanol–water partition coefficient (Wildman–Crippen LogP) is 3.02. The van der Waals surface area contributed by atoms with Gasteiger partial charge in [0.05, 0.1) is 19.2 Å². The second-order valence-electron chi connectivity index (χ2n) is 3.53. The summed E-state index contributed by atoms with van der Waals surface area (Å²) in [5, 5.41) is 3.88. The van der Waals surface area contributed by atoms with Crippen LogP contribution in [0.1, 0.15) is 12.0 Å². The summed E-state index contributed by atoms with van der Waals surface area (Å²) in [6.45, 7) is 5.25. The first-order chi connectivity index (χ1) is 8.24. The molecule has 0 atom stereocenters. The molecule has 1 rings (SSSR count). The second kappa shape index (κ2) is 7.20. The molecule has 0 unspecified atom stereocenters. The van der Waals surface area contributed by atoms with E-state index in [9.17, 15) is 0 Å². The smallest absolute Gasteiger partial charge is 0.179 e. The standard InChI is InChI=1S/C13H18ClNO2/c1-4-5-8-15-9-10-6-7-11(16-2)13(17-3)12(10)14/h4,6-7,15H,1,5,8-9H2,2-3H3. The van der Waals surface area contributed by atoms with Crippen molar-refractivity contribution >= 4 is 11.6 Å². The number of benzene rings is 1. The van der Waals surface area contributed by atoms with Gasteiger partial charge >= 0.3 is 0 Å². The topological polar surface area (TPSA) is 30.5 Å². The molecule has 0 amide bonds. The summed E-state index contributed by atoms with van der Waals surface area (Å²) in [6.07, 6.45) is 2.81. The molecule has 1 aromatic rings. The van der Waals surface area contributed by atoms with Crippen LogP contribution in [0.15, 0.2) is 24.8 Å². The maximum absolute atomic E-state index is 6.24. The van der Waals surface area contributed by atoms with Crippen molar-refractivity contribution in [3.8, 4) is 11.5 Å². The van der Waals surface area contributed by atoms with Crippen LogP contribution in [0.3, 0.4) is 0 Å². The third-order valence-corrected chi connectivity index (χ3v) is 2.82. The lowest BCUT2D eigenvalue weighted by atomic mass is 10.2. The van der Waals surface area contributed by atoms with Crippen molar-refractivity contribution < 1.29 is 9.47 Å². The summed E-state index contributed by atoms with van der Waals surface area (Å²) < 4.78 is 10.4. The van der Waals surface area contributed by atoms with Crippen LogP contribution in [0.5, 0.6) is 11.5 Å². The molecule has 0 spiro atoms. The van der Waals surface area contributed by atoms with Gasteiger partial charge in [-0.3, -0.25) is 0 Å². The monoisotopic (exact) mass is 255 g/mol. The van der Waals surface area contributed by atoms with Gasteiger partial charge < -0.3 is 14.8 Å². The SMILES string of the molecule is C=CCCNCc1ccc(OC)c(OC)c1Cl. The quantitative estimate of drug-likeness (QED) is 0.600. The summed E-state index contributed by atoms with van der Waals surface area (Å²) in [4.78, 5) is 0. The van der Waals surface area contributed by atoms with Crippen molar-refractivity contribution in [1.29, 1.82) is 0 Å². The molecule has 0 aliphatic heterocycles. The minimum Gasteiger partial charge on any atom is -0.493 e. The Morgan fingerprint density at radius 2 is 2.12 bits per heavy atom. The molecule has 17 heavy (non-hydrogen) atoms. The summed E-state index contributed by atoms with van der Waals surface area (Å²) in [7, 11) is 3.18. The van der Waals surface area contributed by atoms with E-state index in [2.05, 4.69) is 11.9 Å². The normalized spacial score (nSPS) is 10.1. The van der Waals surface area contributed by atoms with E-state index >= 15 is 0 Å². The van der Waals surface area contributed by atoms with Gasteiger partial charge in [-0.15, -0.1) is 6.58 Å². The highest BCUT2D eigenvalue weighted by Crippen LogP contribution is 2.37. The fraction of sp³-hybridized carbons (Fsp3) is 0.385. The van der Waals surface area contributed by atoms with Crippen LogP contribution in [0.4, 0.5) is 0 Å². The van der Waals surface area contributed by atoms with Crippen LogP contribution in [-0.4, -0.2) is 20.8 Å². The average molecular weight is 256 g/mol. The maximum Gasteiger partial charge on any atom is 0.179 e. The second-order valence-corrected chi connectivity index (χ2v) is 3.91. The Balaban J connectivity index is 2.76. The molecule has 4 heteroatoms. The summed E-state index contributed by atoms with van der Waals surface area (Å²) in [6, 6.07) is 3.79. The van der Waals surface area contributed by atoms with Crippen molar-refractivity contribution in [2.24, 2.45) is 0 Å². The van der Waals surface area contributed by atoms with Gasteiger partial charge in [-0.05, 0) is 24.6 Å². The highest BCUT2D eigenvalue weighted by molar-refractivity contribution is 6.33. The number of nitrogens with one attached hydrogen (secondary N) is 1. The lowest BCUT2D eigenvalue weighted by Crippen LogP contribution is -2.14.